The molecule has 0 saturated carbocycles. The smallest absolute Gasteiger partial charge is 0.261 e. The molecule has 5 nitrogen and oxygen atoms in total. The summed E-state index contributed by atoms with van der Waals surface area (Å²) in [4.78, 5) is 27.1. The Kier molecular flexibility index (Phi) is 7.13. The maximum atomic E-state index is 14.4. The van der Waals surface area contributed by atoms with Crippen molar-refractivity contribution in [3.8, 4) is 0 Å². The molecule has 172 valence electrons. The van der Waals surface area contributed by atoms with Crippen molar-refractivity contribution in [2.24, 2.45) is 0 Å². The minimum absolute atomic E-state index is 0.0901. The maximum absolute atomic E-state index is 14.4. The average molecular weight is 460 g/mol. The van der Waals surface area contributed by atoms with Crippen molar-refractivity contribution in [3.63, 3.8) is 0 Å². The van der Waals surface area contributed by atoms with Crippen LogP contribution in [-0.2, 0) is 24.3 Å². The second-order valence-corrected chi connectivity index (χ2v) is 7.70. The maximum Gasteiger partial charge on any atom is 0.261 e. The summed E-state index contributed by atoms with van der Waals surface area (Å²) in [5.74, 6) is -1.87. The van der Waals surface area contributed by atoms with E-state index in [0.717, 1.165) is 17.7 Å². The normalized spacial score (nSPS) is 10.6. The molecule has 4 aromatic rings. The monoisotopic (exact) mass is 460 g/mol. The first-order valence-corrected chi connectivity index (χ1v) is 10.7. The van der Waals surface area contributed by atoms with Gasteiger partial charge in [-0.25, -0.2) is 8.78 Å². The molecule has 0 unspecified atom stereocenters. The molecule has 7 heteroatoms. The number of anilines is 1. The summed E-state index contributed by atoms with van der Waals surface area (Å²) in [6.07, 6.45) is 1.63. The summed E-state index contributed by atoms with van der Waals surface area (Å²) in [7, 11) is 0. The van der Waals surface area contributed by atoms with Crippen LogP contribution in [0.2, 0.25) is 0 Å². The SMILES string of the molecule is O=C(Cc1cccc(N(Cc2ccccc2)C(=O)c2ccc(F)cc2F)c1)NCc1ccco1. The van der Waals surface area contributed by atoms with Crippen molar-refractivity contribution in [2.45, 2.75) is 19.5 Å². The second kappa shape index (κ2) is 10.6. The Hall–Kier alpha value is -4.26. The number of benzene rings is 3. The van der Waals surface area contributed by atoms with E-state index in [1.54, 1.807) is 36.4 Å². The molecule has 0 aliphatic heterocycles. The molecule has 1 heterocycles. The van der Waals surface area contributed by atoms with Crippen molar-refractivity contribution >= 4 is 17.5 Å². The lowest BCUT2D eigenvalue weighted by atomic mass is 10.1. The van der Waals surface area contributed by atoms with Crippen LogP contribution in [0.1, 0.15) is 27.2 Å². The van der Waals surface area contributed by atoms with Crippen LogP contribution < -0.4 is 10.2 Å². The van der Waals surface area contributed by atoms with E-state index < -0.39 is 17.5 Å². The summed E-state index contributed by atoms with van der Waals surface area (Å²) in [5.41, 5.74) is 1.77. The van der Waals surface area contributed by atoms with E-state index in [-0.39, 0.29) is 31.0 Å². The molecule has 0 atom stereocenters. The van der Waals surface area contributed by atoms with Gasteiger partial charge in [-0.3, -0.25) is 9.59 Å². The van der Waals surface area contributed by atoms with Gasteiger partial charge in [0.05, 0.1) is 31.3 Å². The number of hydrogen-bond donors (Lipinski definition) is 1. The number of nitrogens with zero attached hydrogens (tertiary/aromatic N) is 1. The van der Waals surface area contributed by atoms with Crippen LogP contribution in [0.3, 0.4) is 0 Å². The largest absolute Gasteiger partial charge is 0.467 e. The van der Waals surface area contributed by atoms with Crippen LogP contribution in [0.5, 0.6) is 0 Å². The lowest BCUT2D eigenvalue weighted by molar-refractivity contribution is -0.120. The lowest BCUT2D eigenvalue weighted by Crippen LogP contribution is -2.31. The number of hydrogen-bond acceptors (Lipinski definition) is 3. The molecule has 34 heavy (non-hydrogen) atoms. The number of nitrogens with one attached hydrogen (secondary N) is 1. The van der Waals surface area contributed by atoms with Gasteiger partial charge in [0.2, 0.25) is 5.91 Å². The van der Waals surface area contributed by atoms with Crippen LogP contribution in [0.4, 0.5) is 14.5 Å². The molecule has 1 N–H and O–H groups in total. The fourth-order valence-corrected chi connectivity index (χ4v) is 3.54. The Bertz CT molecular complexity index is 1270. The first kappa shape index (κ1) is 22.9. The second-order valence-electron chi connectivity index (χ2n) is 7.70. The van der Waals surface area contributed by atoms with E-state index in [4.69, 9.17) is 4.42 Å². The molecule has 2 amide bonds. The van der Waals surface area contributed by atoms with Crippen LogP contribution >= 0.6 is 0 Å². The zero-order chi connectivity index (χ0) is 23.9. The zero-order valence-corrected chi connectivity index (χ0v) is 18.2. The van der Waals surface area contributed by atoms with Crippen molar-refractivity contribution in [2.75, 3.05) is 4.90 Å². The Balaban J connectivity index is 1.58. The molecule has 0 bridgehead atoms. The molecule has 0 aliphatic rings. The highest BCUT2D eigenvalue weighted by Gasteiger charge is 2.22. The molecular formula is C27H22F2N2O3. The Labute approximate surface area is 195 Å². The predicted octanol–water partition coefficient (Wildman–Crippen LogP) is 5.26. The third-order valence-electron chi connectivity index (χ3n) is 5.22. The van der Waals surface area contributed by atoms with Gasteiger partial charge in [0, 0.05) is 11.8 Å². The third kappa shape index (κ3) is 5.75. The predicted molar refractivity (Wildman–Crippen MR) is 124 cm³/mol. The lowest BCUT2D eigenvalue weighted by Gasteiger charge is -2.24. The molecule has 0 saturated heterocycles. The third-order valence-corrected chi connectivity index (χ3v) is 5.22. The van der Waals surface area contributed by atoms with Gasteiger partial charge >= 0.3 is 0 Å². The number of furan rings is 1. The fourth-order valence-electron chi connectivity index (χ4n) is 3.54. The summed E-state index contributed by atoms with van der Waals surface area (Å²) < 4.78 is 33.0. The van der Waals surface area contributed by atoms with Gasteiger partial charge in [-0.15, -0.1) is 0 Å². The highest BCUT2D eigenvalue weighted by molar-refractivity contribution is 6.06. The van der Waals surface area contributed by atoms with Crippen LogP contribution in [0.15, 0.2) is 95.6 Å². The van der Waals surface area contributed by atoms with Gasteiger partial charge in [-0.05, 0) is 47.5 Å². The average Bonchev–Trinajstić information content (AvgIpc) is 3.35. The van der Waals surface area contributed by atoms with Gasteiger partial charge < -0.3 is 14.6 Å². The molecule has 0 radical (unpaired) electrons. The highest BCUT2D eigenvalue weighted by Crippen LogP contribution is 2.23. The van der Waals surface area contributed by atoms with E-state index >= 15 is 0 Å². The van der Waals surface area contributed by atoms with Gasteiger partial charge in [-0.2, -0.15) is 0 Å². The Morgan fingerprint density at radius 2 is 1.65 bits per heavy atom. The van der Waals surface area contributed by atoms with E-state index in [1.807, 2.05) is 30.3 Å². The first-order chi connectivity index (χ1) is 16.5. The molecule has 0 fully saturated rings. The van der Waals surface area contributed by atoms with Crippen molar-refractivity contribution in [1.82, 2.24) is 5.32 Å². The first-order valence-electron chi connectivity index (χ1n) is 10.7. The summed E-state index contributed by atoms with van der Waals surface area (Å²) in [6, 6.07) is 22.6. The van der Waals surface area contributed by atoms with E-state index in [2.05, 4.69) is 5.32 Å². The standard InChI is InChI=1S/C27H22F2N2O3/c28-21-11-12-24(25(29)16-21)27(33)31(18-19-6-2-1-3-7-19)22-9-4-8-20(14-22)15-26(32)30-17-23-10-5-13-34-23/h1-14,16H,15,17-18H2,(H,30,32). The van der Waals surface area contributed by atoms with Gasteiger partial charge in [0.1, 0.15) is 17.4 Å². The van der Waals surface area contributed by atoms with Gasteiger partial charge in [0.25, 0.3) is 5.91 Å². The minimum Gasteiger partial charge on any atom is -0.467 e. The Morgan fingerprint density at radius 1 is 0.853 bits per heavy atom. The van der Waals surface area contributed by atoms with Gasteiger partial charge in [0.15, 0.2) is 0 Å². The molecule has 1 aromatic heterocycles. The number of halogens is 2. The van der Waals surface area contributed by atoms with E-state index in [1.165, 1.54) is 11.2 Å². The number of carbonyl (C=O) groups excluding carboxylic acids is 2. The summed E-state index contributed by atoms with van der Waals surface area (Å²) in [6.45, 7) is 0.443. The van der Waals surface area contributed by atoms with Gasteiger partial charge in [-0.1, -0.05) is 42.5 Å². The molecule has 3 aromatic carbocycles. The van der Waals surface area contributed by atoms with E-state index in [0.29, 0.717) is 23.1 Å². The molecular weight excluding hydrogens is 438 g/mol. The number of carbonyl (C=O) groups is 2. The van der Waals surface area contributed by atoms with Crippen LogP contribution in [0, 0.1) is 11.6 Å². The molecule has 4 rings (SSSR count). The minimum atomic E-state index is -0.934. The fraction of sp³-hybridized carbons (Fsp3) is 0.111. The number of rotatable bonds is 8. The van der Waals surface area contributed by atoms with Crippen molar-refractivity contribution < 1.29 is 22.8 Å². The quantitative estimate of drug-likeness (QED) is 0.390. The van der Waals surface area contributed by atoms with Crippen LogP contribution in [0.25, 0.3) is 0 Å². The molecule has 0 spiro atoms. The Morgan fingerprint density at radius 3 is 2.38 bits per heavy atom. The van der Waals surface area contributed by atoms with Crippen LogP contribution in [-0.4, -0.2) is 11.8 Å². The zero-order valence-electron chi connectivity index (χ0n) is 18.2. The molecule has 0 aliphatic carbocycles. The summed E-state index contributed by atoms with van der Waals surface area (Å²) in [5, 5.41) is 2.79. The van der Waals surface area contributed by atoms with E-state index in [9.17, 15) is 18.4 Å². The summed E-state index contributed by atoms with van der Waals surface area (Å²) >= 11 is 0. The van der Waals surface area contributed by atoms with Crippen molar-refractivity contribution in [1.29, 1.82) is 0 Å². The highest BCUT2D eigenvalue weighted by atomic mass is 19.1. The topological polar surface area (TPSA) is 62.6 Å². The van der Waals surface area contributed by atoms with Crippen molar-refractivity contribution in [3.05, 3.63) is 125 Å². The number of amides is 2.